The molecule has 0 aromatic heterocycles. The zero-order chi connectivity index (χ0) is 16.8. The van der Waals surface area contributed by atoms with Crippen molar-refractivity contribution in [1.82, 2.24) is 15.1 Å². The minimum Gasteiger partial charge on any atom is -0.444 e. The van der Waals surface area contributed by atoms with Gasteiger partial charge in [0.1, 0.15) is 5.60 Å². The van der Waals surface area contributed by atoms with Gasteiger partial charge in [-0.25, -0.2) is 4.79 Å². The molecule has 1 N–H and O–H groups in total. The summed E-state index contributed by atoms with van der Waals surface area (Å²) in [6, 6.07) is 2.55. The Labute approximate surface area is 140 Å². The number of carbonyl (C=O) groups is 1. The summed E-state index contributed by atoms with van der Waals surface area (Å²) in [6.07, 6.45) is 5.52. The standard InChI is InChI=1S/C18H33N3O2/c1-12-8-14(11-20(12)5)19-13-9-15-6-7-16(10-13)21(15)17(22)23-18(2,3)4/h12-16,19H,6-11H2,1-5H3/t12-,13?,14-,15-,16+/m1/s1. The molecule has 5 nitrogen and oxygen atoms in total. The topological polar surface area (TPSA) is 44.8 Å². The molecule has 3 rings (SSSR count). The van der Waals surface area contributed by atoms with Crippen molar-refractivity contribution in [1.29, 1.82) is 0 Å². The lowest BCUT2D eigenvalue weighted by Gasteiger charge is -2.40. The number of likely N-dealkylation sites (N-methyl/N-ethyl adjacent to an activating group) is 1. The second-order valence-corrected chi connectivity index (χ2v) is 8.83. The largest absolute Gasteiger partial charge is 0.444 e. The Morgan fingerprint density at radius 1 is 1.09 bits per heavy atom. The number of rotatable bonds is 2. The van der Waals surface area contributed by atoms with E-state index in [2.05, 4.69) is 24.2 Å². The average Bonchev–Trinajstić information content (AvgIpc) is 2.85. The van der Waals surface area contributed by atoms with Gasteiger partial charge >= 0.3 is 6.09 Å². The zero-order valence-electron chi connectivity index (χ0n) is 15.3. The van der Waals surface area contributed by atoms with E-state index in [1.807, 2.05) is 25.7 Å². The van der Waals surface area contributed by atoms with E-state index in [1.54, 1.807) is 0 Å². The van der Waals surface area contributed by atoms with Gasteiger partial charge in [0.25, 0.3) is 0 Å². The summed E-state index contributed by atoms with van der Waals surface area (Å²) in [5.41, 5.74) is -0.407. The smallest absolute Gasteiger partial charge is 0.410 e. The minimum absolute atomic E-state index is 0.113. The van der Waals surface area contributed by atoms with Gasteiger partial charge in [-0.1, -0.05) is 0 Å². The SMILES string of the molecule is C[C@@H]1C[C@@H](NC2C[C@H]3CC[C@@H](C2)N3C(=O)OC(C)(C)C)CN1C. The van der Waals surface area contributed by atoms with Crippen LogP contribution in [0.25, 0.3) is 0 Å². The third-order valence-corrected chi connectivity index (χ3v) is 5.70. The van der Waals surface area contributed by atoms with Crippen LogP contribution in [0.3, 0.4) is 0 Å². The Balaban J connectivity index is 1.56. The summed E-state index contributed by atoms with van der Waals surface area (Å²) in [5, 5.41) is 3.87. The number of hydrogen-bond donors (Lipinski definition) is 1. The number of fused-ring (bicyclic) bond motifs is 2. The van der Waals surface area contributed by atoms with Crippen LogP contribution in [0.2, 0.25) is 0 Å². The first kappa shape index (κ1) is 17.0. The van der Waals surface area contributed by atoms with Crippen molar-refractivity contribution in [2.45, 2.75) is 95.6 Å². The highest BCUT2D eigenvalue weighted by Crippen LogP contribution is 2.37. The molecule has 3 saturated heterocycles. The monoisotopic (exact) mass is 323 g/mol. The van der Waals surface area contributed by atoms with Gasteiger partial charge in [0.15, 0.2) is 0 Å². The van der Waals surface area contributed by atoms with E-state index in [9.17, 15) is 4.79 Å². The molecular formula is C18H33N3O2. The van der Waals surface area contributed by atoms with E-state index >= 15 is 0 Å². The lowest BCUT2D eigenvalue weighted by Crippen LogP contribution is -2.54. The van der Waals surface area contributed by atoms with Crippen LogP contribution in [-0.4, -0.2) is 65.3 Å². The molecule has 1 amide bonds. The first-order valence-corrected chi connectivity index (χ1v) is 9.20. The molecular weight excluding hydrogens is 290 g/mol. The summed E-state index contributed by atoms with van der Waals surface area (Å²) >= 11 is 0. The van der Waals surface area contributed by atoms with Crippen molar-refractivity contribution < 1.29 is 9.53 Å². The van der Waals surface area contributed by atoms with E-state index in [1.165, 1.54) is 6.42 Å². The molecule has 23 heavy (non-hydrogen) atoms. The fourth-order valence-corrected chi connectivity index (χ4v) is 4.57. The van der Waals surface area contributed by atoms with Crippen LogP contribution in [-0.2, 0) is 4.74 Å². The molecule has 1 unspecified atom stereocenters. The molecule has 3 aliphatic heterocycles. The molecule has 3 fully saturated rings. The van der Waals surface area contributed by atoms with Gasteiger partial charge in [0, 0.05) is 36.8 Å². The summed E-state index contributed by atoms with van der Waals surface area (Å²) in [4.78, 5) is 17.0. The Bertz CT molecular complexity index is 424. The normalized spacial score (nSPS) is 38.1. The van der Waals surface area contributed by atoms with Gasteiger partial charge in [-0.05, 0) is 66.8 Å². The Kier molecular flexibility index (Phi) is 4.62. The number of piperidine rings is 1. The van der Waals surface area contributed by atoms with Crippen LogP contribution in [0, 0.1) is 0 Å². The number of amides is 1. The van der Waals surface area contributed by atoms with E-state index in [0.29, 0.717) is 30.2 Å². The molecule has 0 aromatic rings. The van der Waals surface area contributed by atoms with E-state index in [0.717, 1.165) is 32.2 Å². The first-order chi connectivity index (χ1) is 10.7. The fourth-order valence-electron chi connectivity index (χ4n) is 4.57. The molecule has 0 aromatic carbocycles. The van der Waals surface area contributed by atoms with Crippen LogP contribution in [0.5, 0.6) is 0 Å². The van der Waals surface area contributed by atoms with Crippen molar-refractivity contribution in [3.05, 3.63) is 0 Å². The Hall–Kier alpha value is -0.810. The van der Waals surface area contributed by atoms with Gasteiger partial charge in [-0.3, -0.25) is 0 Å². The quantitative estimate of drug-likeness (QED) is 0.848. The molecule has 0 spiro atoms. The lowest BCUT2D eigenvalue weighted by atomic mass is 9.96. The molecule has 3 heterocycles. The highest BCUT2D eigenvalue weighted by molar-refractivity contribution is 5.69. The zero-order valence-corrected chi connectivity index (χ0v) is 15.3. The first-order valence-electron chi connectivity index (χ1n) is 9.20. The third kappa shape index (κ3) is 3.82. The maximum Gasteiger partial charge on any atom is 0.410 e. The summed E-state index contributed by atoms with van der Waals surface area (Å²) in [6.45, 7) is 9.27. The van der Waals surface area contributed by atoms with Crippen molar-refractivity contribution >= 4 is 6.09 Å². The fraction of sp³-hybridized carbons (Fsp3) is 0.944. The van der Waals surface area contributed by atoms with Gasteiger partial charge < -0.3 is 19.9 Å². The maximum atomic E-state index is 12.5. The third-order valence-electron chi connectivity index (χ3n) is 5.70. The van der Waals surface area contributed by atoms with Crippen molar-refractivity contribution in [3.8, 4) is 0 Å². The number of carbonyl (C=O) groups excluding carboxylic acids is 1. The number of nitrogens with zero attached hydrogens (tertiary/aromatic N) is 2. The average molecular weight is 323 g/mol. The van der Waals surface area contributed by atoms with Crippen LogP contribution in [0.1, 0.15) is 59.8 Å². The van der Waals surface area contributed by atoms with Crippen LogP contribution in [0.4, 0.5) is 4.79 Å². The number of likely N-dealkylation sites (tertiary alicyclic amines) is 1. The number of hydrogen-bond acceptors (Lipinski definition) is 4. The molecule has 2 bridgehead atoms. The lowest BCUT2D eigenvalue weighted by molar-refractivity contribution is 0.00434. The van der Waals surface area contributed by atoms with Crippen molar-refractivity contribution in [2.24, 2.45) is 0 Å². The highest BCUT2D eigenvalue weighted by atomic mass is 16.6. The van der Waals surface area contributed by atoms with Crippen LogP contribution in [0.15, 0.2) is 0 Å². The van der Waals surface area contributed by atoms with Gasteiger partial charge in [0.05, 0.1) is 0 Å². The summed E-state index contributed by atoms with van der Waals surface area (Å²) in [7, 11) is 2.21. The maximum absolute atomic E-state index is 12.5. The minimum atomic E-state index is -0.407. The van der Waals surface area contributed by atoms with E-state index in [4.69, 9.17) is 4.74 Å². The highest BCUT2D eigenvalue weighted by Gasteiger charge is 2.45. The second-order valence-electron chi connectivity index (χ2n) is 8.83. The molecule has 3 aliphatic rings. The molecule has 132 valence electrons. The van der Waals surface area contributed by atoms with E-state index in [-0.39, 0.29) is 6.09 Å². The summed E-state index contributed by atoms with van der Waals surface area (Å²) < 4.78 is 5.61. The van der Waals surface area contributed by atoms with Crippen LogP contribution >= 0.6 is 0 Å². The summed E-state index contributed by atoms with van der Waals surface area (Å²) in [5.74, 6) is 0. The predicted octanol–water partition coefficient (Wildman–Crippen LogP) is 2.60. The van der Waals surface area contributed by atoms with Crippen LogP contribution < -0.4 is 5.32 Å². The van der Waals surface area contributed by atoms with Crippen molar-refractivity contribution in [2.75, 3.05) is 13.6 Å². The number of ether oxygens (including phenoxy) is 1. The molecule has 5 atom stereocenters. The predicted molar refractivity (Wildman–Crippen MR) is 91.5 cm³/mol. The molecule has 0 aliphatic carbocycles. The number of nitrogens with one attached hydrogen (secondary N) is 1. The second kappa shape index (κ2) is 6.25. The molecule has 0 saturated carbocycles. The van der Waals surface area contributed by atoms with Gasteiger partial charge in [0.2, 0.25) is 0 Å². The molecule has 5 heteroatoms. The Morgan fingerprint density at radius 2 is 1.70 bits per heavy atom. The van der Waals surface area contributed by atoms with Gasteiger partial charge in [-0.2, -0.15) is 0 Å². The Morgan fingerprint density at radius 3 is 2.17 bits per heavy atom. The van der Waals surface area contributed by atoms with E-state index < -0.39 is 5.60 Å². The van der Waals surface area contributed by atoms with Gasteiger partial charge in [-0.15, -0.1) is 0 Å². The molecule has 0 radical (unpaired) electrons. The van der Waals surface area contributed by atoms with Crippen molar-refractivity contribution in [3.63, 3.8) is 0 Å².